The first-order valence-corrected chi connectivity index (χ1v) is 3.04. The SMILES string of the molecule is C=COC(=C)C1OCCO1. The Bertz CT molecular complexity index is 136. The smallest absolute Gasteiger partial charge is 0.216 e. The summed E-state index contributed by atoms with van der Waals surface area (Å²) >= 11 is 0. The summed E-state index contributed by atoms with van der Waals surface area (Å²) < 4.78 is 15.0. The molecule has 0 atom stereocenters. The first-order chi connectivity index (χ1) is 4.84. The number of hydrogen-bond donors (Lipinski definition) is 0. The van der Waals surface area contributed by atoms with Gasteiger partial charge in [0.1, 0.15) is 0 Å². The van der Waals surface area contributed by atoms with Crippen molar-refractivity contribution >= 4 is 0 Å². The lowest BCUT2D eigenvalue weighted by Crippen LogP contribution is -2.10. The van der Waals surface area contributed by atoms with Gasteiger partial charge in [-0.3, -0.25) is 0 Å². The average Bonchev–Trinajstić information content (AvgIpc) is 2.38. The molecule has 0 aromatic heterocycles. The molecule has 0 aromatic rings. The van der Waals surface area contributed by atoms with E-state index < -0.39 is 6.29 Å². The van der Waals surface area contributed by atoms with Gasteiger partial charge >= 0.3 is 0 Å². The van der Waals surface area contributed by atoms with Crippen molar-refractivity contribution in [3.05, 3.63) is 25.2 Å². The van der Waals surface area contributed by atoms with Crippen molar-refractivity contribution in [2.45, 2.75) is 6.29 Å². The molecule has 1 saturated heterocycles. The molecule has 1 rings (SSSR count). The van der Waals surface area contributed by atoms with Crippen molar-refractivity contribution < 1.29 is 14.2 Å². The second-order valence-electron chi connectivity index (χ2n) is 1.82. The molecule has 0 aliphatic carbocycles. The van der Waals surface area contributed by atoms with Gasteiger partial charge in [-0.25, -0.2) is 0 Å². The number of hydrogen-bond acceptors (Lipinski definition) is 3. The summed E-state index contributed by atoms with van der Waals surface area (Å²) in [6.07, 6.45) is 0.894. The van der Waals surface area contributed by atoms with Crippen molar-refractivity contribution in [2.24, 2.45) is 0 Å². The first-order valence-electron chi connectivity index (χ1n) is 3.04. The normalized spacial score (nSPS) is 18.8. The van der Waals surface area contributed by atoms with Gasteiger partial charge in [0, 0.05) is 0 Å². The van der Waals surface area contributed by atoms with E-state index in [0.29, 0.717) is 19.0 Å². The van der Waals surface area contributed by atoms with Crippen LogP contribution in [-0.4, -0.2) is 19.5 Å². The summed E-state index contributed by atoms with van der Waals surface area (Å²) in [5, 5.41) is 0. The van der Waals surface area contributed by atoms with Crippen molar-refractivity contribution in [1.82, 2.24) is 0 Å². The molecule has 0 unspecified atom stereocenters. The second kappa shape index (κ2) is 3.39. The molecule has 1 aliphatic rings. The summed E-state index contributed by atoms with van der Waals surface area (Å²) in [4.78, 5) is 0. The lowest BCUT2D eigenvalue weighted by Gasteiger charge is -2.09. The number of rotatable bonds is 3. The van der Waals surface area contributed by atoms with E-state index in [0.717, 1.165) is 0 Å². The minimum Gasteiger partial charge on any atom is -0.465 e. The standard InChI is InChI=1S/C7H10O3/c1-3-8-6(2)7-9-4-5-10-7/h3,7H,1-2,4-5H2. The van der Waals surface area contributed by atoms with Gasteiger partial charge in [0.25, 0.3) is 0 Å². The molecule has 10 heavy (non-hydrogen) atoms. The zero-order chi connectivity index (χ0) is 7.40. The maximum atomic E-state index is 5.07. The molecular formula is C7H10O3. The van der Waals surface area contributed by atoms with Gasteiger partial charge in [-0.2, -0.15) is 0 Å². The van der Waals surface area contributed by atoms with E-state index in [1.54, 1.807) is 0 Å². The third kappa shape index (κ3) is 1.59. The molecule has 0 radical (unpaired) electrons. The Kier molecular flexibility index (Phi) is 2.48. The van der Waals surface area contributed by atoms with Crippen LogP contribution >= 0.6 is 0 Å². The Labute approximate surface area is 59.9 Å². The fourth-order valence-corrected chi connectivity index (χ4v) is 0.707. The maximum absolute atomic E-state index is 5.07. The van der Waals surface area contributed by atoms with E-state index in [1.165, 1.54) is 6.26 Å². The lowest BCUT2D eigenvalue weighted by atomic mass is 10.5. The van der Waals surface area contributed by atoms with E-state index in [1.807, 2.05) is 0 Å². The molecule has 0 N–H and O–H groups in total. The van der Waals surface area contributed by atoms with Gasteiger partial charge in [-0.1, -0.05) is 13.2 Å². The fourth-order valence-electron chi connectivity index (χ4n) is 0.707. The monoisotopic (exact) mass is 142 g/mol. The largest absolute Gasteiger partial charge is 0.465 e. The highest BCUT2D eigenvalue weighted by Gasteiger charge is 2.19. The Morgan fingerprint density at radius 1 is 1.50 bits per heavy atom. The summed E-state index contributed by atoms with van der Waals surface area (Å²) in [6, 6.07) is 0. The second-order valence-corrected chi connectivity index (χ2v) is 1.82. The zero-order valence-corrected chi connectivity index (χ0v) is 5.71. The average molecular weight is 142 g/mol. The Morgan fingerprint density at radius 2 is 2.10 bits per heavy atom. The summed E-state index contributed by atoms with van der Waals surface area (Å²) in [5.41, 5.74) is 0. The molecule has 1 aliphatic heterocycles. The van der Waals surface area contributed by atoms with Crippen LogP contribution in [0.2, 0.25) is 0 Å². The molecule has 56 valence electrons. The van der Waals surface area contributed by atoms with Gasteiger partial charge < -0.3 is 14.2 Å². The van der Waals surface area contributed by atoms with Crippen molar-refractivity contribution in [1.29, 1.82) is 0 Å². The molecule has 0 bridgehead atoms. The Balaban J connectivity index is 2.32. The molecule has 1 fully saturated rings. The van der Waals surface area contributed by atoms with Crippen LogP contribution < -0.4 is 0 Å². The van der Waals surface area contributed by atoms with E-state index in [4.69, 9.17) is 14.2 Å². The van der Waals surface area contributed by atoms with E-state index in [-0.39, 0.29) is 0 Å². The maximum Gasteiger partial charge on any atom is 0.216 e. The third-order valence-electron chi connectivity index (χ3n) is 1.12. The van der Waals surface area contributed by atoms with Gasteiger partial charge in [-0.15, -0.1) is 0 Å². The van der Waals surface area contributed by atoms with Crippen molar-refractivity contribution in [2.75, 3.05) is 13.2 Å². The quantitative estimate of drug-likeness (QED) is 0.551. The van der Waals surface area contributed by atoms with E-state index >= 15 is 0 Å². The van der Waals surface area contributed by atoms with Gasteiger partial charge in [0.05, 0.1) is 19.5 Å². The molecule has 3 heteroatoms. The highest BCUT2D eigenvalue weighted by Crippen LogP contribution is 2.12. The minimum absolute atomic E-state index is 0.405. The summed E-state index contributed by atoms with van der Waals surface area (Å²) in [5.74, 6) is 0.451. The molecular weight excluding hydrogens is 132 g/mol. The topological polar surface area (TPSA) is 27.7 Å². The van der Waals surface area contributed by atoms with Gasteiger partial charge in [0.15, 0.2) is 5.76 Å². The van der Waals surface area contributed by atoms with Gasteiger partial charge in [0.2, 0.25) is 6.29 Å². The van der Waals surface area contributed by atoms with Gasteiger partial charge in [-0.05, 0) is 0 Å². The van der Waals surface area contributed by atoms with Crippen LogP contribution in [0.25, 0.3) is 0 Å². The molecule has 0 amide bonds. The zero-order valence-electron chi connectivity index (χ0n) is 5.71. The van der Waals surface area contributed by atoms with Crippen molar-refractivity contribution in [3.8, 4) is 0 Å². The minimum atomic E-state index is -0.405. The van der Waals surface area contributed by atoms with Crippen LogP contribution in [0.4, 0.5) is 0 Å². The highest BCUT2D eigenvalue weighted by molar-refractivity contribution is 4.90. The Morgan fingerprint density at radius 3 is 2.60 bits per heavy atom. The molecule has 0 aromatic carbocycles. The molecule has 0 saturated carbocycles. The summed E-state index contributed by atoms with van der Waals surface area (Å²) in [7, 11) is 0. The van der Waals surface area contributed by atoms with Crippen LogP contribution in [-0.2, 0) is 14.2 Å². The van der Waals surface area contributed by atoms with Crippen LogP contribution in [0.1, 0.15) is 0 Å². The van der Waals surface area contributed by atoms with Crippen molar-refractivity contribution in [3.63, 3.8) is 0 Å². The van der Waals surface area contributed by atoms with Crippen LogP contribution in [0.5, 0.6) is 0 Å². The Hall–Kier alpha value is -0.800. The third-order valence-corrected chi connectivity index (χ3v) is 1.12. The number of ether oxygens (including phenoxy) is 3. The predicted octanol–water partition coefficient (Wildman–Crippen LogP) is 1.03. The van der Waals surface area contributed by atoms with Crippen LogP contribution in [0.15, 0.2) is 25.2 Å². The molecule has 3 nitrogen and oxygen atoms in total. The molecule has 0 spiro atoms. The van der Waals surface area contributed by atoms with E-state index in [2.05, 4.69) is 13.2 Å². The van der Waals surface area contributed by atoms with Crippen LogP contribution in [0, 0.1) is 0 Å². The van der Waals surface area contributed by atoms with E-state index in [9.17, 15) is 0 Å². The van der Waals surface area contributed by atoms with Crippen LogP contribution in [0.3, 0.4) is 0 Å². The fraction of sp³-hybridized carbons (Fsp3) is 0.429. The lowest BCUT2D eigenvalue weighted by molar-refractivity contribution is -0.0400. The highest BCUT2D eigenvalue weighted by atomic mass is 16.7. The summed E-state index contributed by atoms with van der Waals surface area (Å²) in [6.45, 7) is 8.16. The molecule has 1 heterocycles. The predicted molar refractivity (Wildman–Crippen MR) is 36.1 cm³/mol. The first kappa shape index (κ1) is 7.31.